The van der Waals surface area contributed by atoms with Crippen molar-refractivity contribution in [3.63, 3.8) is 0 Å². The van der Waals surface area contributed by atoms with Gasteiger partial charge in [0.15, 0.2) is 5.76 Å². The second-order valence-corrected chi connectivity index (χ2v) is 10.7. The van der Waals surface area contributed by atoms with Crippen molar-refractivity contribution in [3.05, 3.63) is 77.2 Å². The summed E-state index contributed by atoms with van der Waals surface area (Å²) in [5.41, 5.74) is 0.825. The Balaban J connectivity index is 1.48. The summed E-state index contributed by atoms with van der Waals surface area (Å²) in [6, 6.07) is 5.55. The van der Waals surface area contributed by atoms with E-state index in [9.17, 15) is 13.9 Å². The standard InChI is InChI=1S/C27H25F2N5O2/c1-25(2)15-8-9-27(25,20-12-30-11-19(32-20)24-31-13-21(36-24)26(3,4)35)23-14(15)10-18(33-34-23)22-16(28)6-5-7-17(22)29/h5-7,10-13,15,35H,8-9H2,1-4H3/t15-,27-/m0/s1. The summed E-state index contributed by atoms with van der Waals surface area (Å²) < 4.78 is 34.8. The van der Waals surface area contributed by atoms with E-state index < -0.39 is 22.7 Å². The van der Waals surface area contributed by atoms with Crippen LogP contribution in [0.1, 0.15) is 69.2 Å². The third kappa shape index (κ3) is 3.01. The Labute approximate surface area is 206 Å². The van der Waals surface area contributed by atoms with E-state index in [0.717, 1.165) is 24.1 Å². The van der Waals surface area contributed by atoms with Crippen molar-refractivity contribution in [2.45, 2.75) is 57.5 Å². The summed E-state index contributed by atoms with van der Waals surface area (Å²) in [5, 5.41) is 19.1. The van der Waals surface area contributed by atoms with E-state index in [1.54, 1.807) is 32.3 Å². The predicted octanol–water partition coefficient (Wildman–Crippen LogP) is 5.30. The molecular weight excluding hydrogens is 464 g/mol. The van der Waals surface area contributed by atoms with Gasteiger partial charge in [-0.1, -0.05) is 19.9 Å². The minimum absolute atomic E-state index is 0.116. The fourth-order valence-electron chi connectivity index (χ4n) is 6.11. The van der Waals surface area contributed by atoms with Crippen molar-refractivity contribution in [3.8, 4) is 22.8 Å². The highest BCUT2D eigenvalue weighted by atomic mass is 19.1. The lowest BCUT2D eigenvalue weighted by molar-refractivity contribution is 0.0548. The Hall–Kier alpha value is -3.59. The predicted molar refractivity (Wildman–Crippen MR) is 127 cm³/mol. The van der Waals surface area contributed by atoms with E-state index in [-0.39, 0.29) is 28.5 Å². The highest BCUT2D eigenvalue weighted by Gasteiger charge is 2.65. The molecule has 0 radical (unpaired) electrons. The third-order valence-electron chi connectivity index (χ3n) is 8.00. The van der Waals surface area contributed by atoms with Gasteiger partial charge in [-0.05, 0) is 61.8 Å². The number of aliphatic hydroxyl groups is 1. The second kappa shape index (κ2) is 7.46. The minimum Gasteiger partial charge on any atom is -0.437 e. The first-order valence-electron chi connectivity index (χ1n) is 11.9. The van der Waals surface area contributed by atoms with Crippen LogP contribution in [0.3, 0.4) is 0 Å². The summed E-state index contributed by atoms with van der Waals surface area (Å²) in [6.45, 7) is 7.58. The van der Waals surface area contributed by atoms with Crippen LogP contribution in [0.5, 0.6) is 0 Å². The number of aromatic nitrogens is 5. The Morgan fingerprint density at radius 3 is 2.50 bits per heavy atom. The number of hydrogen-bond donors (Lipinski definition) is 1. The summed E-state index contributed by atoms with van der Waals surface area (Å²) in [6.07, 6.45) is 6.45. The molecule has 2 bridgehead atoms. The molecule has 4 aromatic rings. The fourth-order valence-corrected chi connectivity index (χ4v) is 6.11. The van der Waals surface area contributed by atoms with Crippen LogP contribution in [0.25, 0.3) is 22.8 Å². The Bertz CT molecular complexity index is 1490. The monoisotopic (exact) mass is 489 g/mol. The molecule has 3 aromatic heterocycles. The molecule has 2 aliphatic carbocycles. The van der Waals surface area contributed by atoms with E-state index in [0.29, 0.717) is 17.1 Å². The third-order valence-corrected chi connectivity index (χ3v) is 8.00. The number of oxazole rings is 1. The highest BCUT2D eigenvalue weighted by molar-refractivity contribution is 5.64. The topological polar surface area (TPSA) is 97.8 Å². The van der Waals surface area contributed by atoms with Gasteiger partial charge in [0, 0.05) is 6.20 Å². The zero-order chi connectivity index (χ0) is 25.5. The molecule has 9 heteroatoms. The molecule has 0 amide bonds. The molecular formula is C27H25F2N5O2. The molecule has 1 N–H and O–H groups in total. The maximum Gasteiger partial charge on any atom is 0.247 e. The summed E-state index contributed by atoms with van der Waals surface area (Å²) in [4.78, 5) is 13.6. The first-order valence-corrected chi connectivity index (χ1v) is 11.9. The molecule has 2 atom stereocenters. The van der Waals surface area contributed by atoms with Gasteiger partial charge < -0.3 is 9.52 Å². The number of hydrogen-bond acceptors (Lipinski definition) is 7. The van der Waals surface area contributed by atoms with E-state index >= 15 is 0 Å². The molecule has 184 valence electrons. The van der Waals surface area contributed by atoms with Gasteiger partial charge in [0.25, 0.3) is 0 Å². The molecule has 1 fully saturated rings. The normalized spacial score (nSPS) is 22.1. The van der Waals surface area contributed by atoms with Crippen LogP contribution in [-0.2, 0) is 11.0 Å². The zero-order valence-electron chi connectivity index (χ0n) is 20.4. The lowest BCUT2D eigenvalue weighted by Gasteiger charge is -2.37. The van der Waals surface area contributed by atoms with E-state index in [1.165, 1.54) is 24.4 Å². The fraction of sp³-hybridized carbons (Fsp3) is 0.370. The van der Waals surface area contributed by atoms with Crippen LogP contribution in [-0.4, -0.2) is 30.3 Å². The van der Waals surface area contributed by atoms with Crippen LogP contribution < -0.4 is 0 Å². The molecule has 0 saturated heterocycles. The Morgan fingerprint density at radius 1 is 1.06 bits per heavy atom. The average molecular weight is 490 g/mol. The highest BCUT2D eigenvalue weighted by Crippen LogP contribution is 2.69. The zero-order valence-corrected chi connectivity index (χ0v) is 20.4. The minimum atomic E-state index is -1.18. The number of benzene rings is 1. The van der Waals surface area contributed by atoms with Crippen molar-refractivity contribution in [1.29, 1.82) is 0 Å². The van der Waals surface area contributed by atoms with Gasteiger partial charge in [-0.25, -0.2) is 18.7 Å². The van der Waals surface area contributed by atoms with Gasteiger partial charge in [0.05, 0.1) is 40.5 Å². The number of rotatable bonds is 4. The van der Waals surface area contributed by atoms with Crippen molar-refractivity contribution >= 4 is 0 Å². The van der Waals surface area contributed by atoms with Gasteiger partial charge in [-0.3, -0.25) is 4.98 Å². The molecule has 1 aromatic carbocycles. The Kier molecular flexibility index (Phi) is 4.73. The van der Waals surface area contributed by atoms with Crippen molar-refractivity contribution in [1.82, 2.24) is 25.1 Å². The van der Waals surface area contributed by atoms with Gasteiger partial charge >= 0.3 is 0 Å². The van der Waals surface area contributed by atoms with Crippen LogP contribution in [0.2, 0.25) is 0 Å². The second-order valence-electron chi connectivity index (χ2n) is 10.7. The molecule has 0 aliphatic heterocycles. The van der Waals surface area contributed by atoms with E-state index in [1.807, 2.05) is 0 Å². The molecule has 36 heavy (non-hydrogen) atoms. The van der Waals surface area contributed by atoms with Gasteiger partial charge in [0.1, 0.15) is 22.9 Å². The van der Waals surface area contributed by atoms with Crippen LogP contribution in [0.4, 0.5) is 8.78 Å². The smallest absolute Gasteiger partial charge is 0.247 e. The molecule has 6 rings (SSSR count). The first-order chi connectivity index (χ1) is 17.0. The maximum atomic E-state index is 14.5. The average Bonchev–Trinajstić information content (AvgIpc) is 3.48. The maximum absolute atomic E-state index is 14.5. The van der Waals surface area contributed by atoms with Crippen molar-refractivity contribution in [2.24, 2.45) is 5.41 Å². The molecule has 0 unspecified atom stereocenters. The molecule has 7 nitrogen and oxygen atoms in total. The summed E-state index contributed by atoms with van der Waals surface area (Å²) in [5.74, 6) is -0.632. The van der Waals surface area contributed by atoms with E-state index in [4.69, 9.17) is 9.40 Å². The SMILES string of the molecule is CC(C)(O)c1cnc(-c2cncc([C@@]34CC[C@@H](c5cc(-c6c(F)cccc6F)nnc53)C4(C)C)n2)o1. The first kappa shape index (κ1) is 22.8. The lowest BCUT2D eigenvalue weighted by Crippen LogP contribution is -2.38. The number of halogens is 2. The lowest BCUT2D eigenvalue weighted by atomic mass is 9.66. The molecule has 0 spiro atoms. The Morgan fingerprint density at radius 2 is 1.81 bits per heavy atom. The van der Waals surface area contributed by atoms with Gasteiger partial charge in [-0.2, -0.15) is 5.10 Å². The van der Waals surface area contributed by atoms with E-state index in [2.05, 4.69) is 34.0 Å². The van der Waals surface area contributed by atoms with Gasteiger partial charge in [0.2, 0.25) is 5.89 Å². The van der Waals surface area contributed by atoms with Crippen molar-refractivity contribution < 1.29 is 18.3 Å². The number of fused-ring (bicyclic) bond motifs is 5. The summed E-state index contributed by atoms with van der Waals surface area (Å²) in [7, 11) is 0. The van der Waals surface area contributed by atoms with Gasteiger partial charge in [-0.15, -0.1) is 5.10 Å². The molecule has 1 saturated carbocycles. The van der Waals surface area contributed by atoms with Crippen molar-refractivity contribution in [2.75, 3.05) is 0 Å². The van der Waals surface area contributed by atoms with Crippen LogP contribution in [0, 0.1) is 17.0 Å². The van der Waals surface area contributed by atoms with Crippen LogP contribution >= 0.6 is 0 Å². The summed E-state index contributed by atoms with van der Waals surface area (Å²) >= 11 is 0. The molecule has 2 aliphatic rings. The number of nitrogens with zero attached hydrogens (tertiary/aromatic N) is 5. The quantitative estimate of drug-likeness (QED) is 0.416. The molecule has 3 heterocycles. The van der Waals surface area contributed by atoms with Crippen LogP contribution in [0.15, 0.2) is 47.3 Å². The largest absolute Gasteiger partial charge is 0.437 e.